The van der Waals surface area contributed by atoms with Gasteiger partial charge >= 0.3 is 0 Å². The van der Waals surface area contributed by atoms with Gasteiger partial charge in [0.25, 0.3) is 0 Å². The van der Waals surface area contributed by atoms with Gasteiger partial charge in [-0.1, -0.05) is 31.7 Å². The van der Waals surface area contributed by atoms with Gasteiger partial charge in [-0.05, 0) is 36.8 Å². The van der Waals surface area contributed by atoms with E-state index >= 15 is 0 Å². The zero-order valence-corrected chi connectivity index (χ0v) is 7.43. The molecule has 1 atom stereocenters. The molecule has 1 rings (SSSR count). The van der Waals surface area contributed by atoms with Crippen LogP contribution in [0.4, 0.5) is 0 Å². The molecule has 0 heteroatoms. The Hall–Kier alpha value is -0.780. The van der Waals surface area contributed by atoms with Crippen LogP contribution in [0.15, 0.2) is 36.0 Å². The average Bonchev–Trinajstić information content (AvgIpc) is 2.32. The van der Waals surface area contributed by atoms with Gasteiger partial charge in [0.15, 0.2) is 0 Å². The lowest BCUT2D eigenvalue weighted by Crippen LogP contribution is -1.80. The van der Waals surface area contributed by atoms with Crippen molar-refractivity contribution >= 4 is 0 Å². The molecule has 0 N–H and O–H groups in total. The molecule has 11 heavy (non-hydrogen) atoms. The van der Waals surface area contributed by atoms with Crippen molar-refractivity contribution in [1.82, 2.24) is 0 Å². The Kier molecular flexibility index (Phi) is 2.70. The normalized spacial score (nSPS) is 31.6. The maximum absolute atomic E-state index is 3.71. The van der Waals surface area contributed by atoms with Gasteiger partial charge in [-0.25, -0.2) is 0 Å². The monoisotopic (exact) mass is 148 g/mol. The second-order valence-electron chi connectivity index (χ2n) is 3.25. The molecule has 0 radical (unpaired) electrons. The summed E-state index contributed by atoms with van der Waals surface area (Å²) in [7, 11) is 0. The zero-order chi connectivity index (χ0) is 8.27. The van der Waals surface area contributed by atoms with Crippen molar-refractivity contribution in [2.75, 3.05) is 0 Å². The fourth-order valence-electron chi connectivity index (χ4n) is 1.71. The molecule has 0 nitrogen and oxygen atoms in total. The van der Waals surface area contributed by atoms with Gasteiger partial charge in [0, 0.05) is 0 Å². The quantitative estimate of drug-likeness (QED) is 0.534. The largest absolute Gasteiger partial charge is 0.0991 e. The molecule has 1 fully saturated rings. The highest BCUT2D eigenvalue weighted by molar-refractivity contribution is 5.37. The molecule has 0 heterocycles. The zero-order valence-electron chi connectivity index (χ0n) is 7.43. The molecule has 1 unspecified atom stereocenters. The third-order valence-corrected chi connectivity index (χ3v) is 2.22. The van der Waals surface area contributed by atoms with Crippen LogP contribution >= 0.6 is 0 Å². The fourth-order valence-corrected chi connectivity index (χ4v) is 1.71. The summed E-state index contributed by atoms with van der Waals surface area (Å²) < 4.78 is 0. The third-order valence-electron chi connectivity index (χ3n) is 2.22. The van der Waals surface area contributed by atoms with E-state index in [4.69, 9.17) is 0 Å². The lowest BCUT2D eigenvalue weighted by Gasteiger charge is -1.95. The molecular formula is C11H16. The second kappa shape index (κ2) is 3.56. The number of rotatable bonds is 1. The third kappa shape index (κ3) is 1.83. The molecule has 0 aromatic rings. The van der Waals surface area contributed by atoms with Gasteiger partial charge in [-0.3, -0.25) is 0 Å². The molecule has 1 aliphatic carbocycles. The smallest absolute Gasteiger partial charge is 0.0247 e. The molecule has 1 aliphatic rings. The van der Waals surface area contributed by atoms with Crippen molar-refractivity contribution in [3.63, 3.8) is 0 Å². The van der Waals surface area contributed by atoms with Gasteiger partial charge in [0.05, 0.1) is 0 Å². The molecule has 60 valence electrons. The minimum absolute atomic E-state index is 0.826. The summed E-state index contributed by atoms with van der Waals surface area (Å²) in [4.78, 5) is 0. The van der Waals surface area contributed by atoms with Gasteiger partial charge in [-0.2, -0.15) is 0 Å². The minimum Gasteiger partial charge on any atom is -0.0991 e. The average molecular weight is 148 g/mol. The molecule has 0 aromatic carbocycles. The molecule has 0 saturated heterocycles. The van der Waals surface area contributed by atoms with Crippen LogP contribution in [0.25, 0.3) is 0 Å². The van der Waals surface area contributed by atoms with Crippen LogP contribution < -0.4 is 0 Å². The number of allylic oxidation sites excluding steroid dienone is 5. The predicted molar refractivity (Wildman–Crippen MR) is 50.4 cm³/mol. The van der Waals surface area contributed by atoms with Gasteiger partial charge in [-0.15, -0.1) is 0 Å². The van der Waals surface area contributed by atoms with Crippen molar-refractivity contribution < 1.29 is 0 Å². The topological polar surface area (TPSA) is 0 Å². The lowest BCUT2D eigenvalue weighted by molar-refractivity contribution is 0.640. The summed E-state index contributed by atoms with van der Waals surface area (Å²) in [6, 6.07) is 0. The fraction of sp³-hybridized carbons (Fsp3) is 0.455. The Morgan fingerprint density at radius 3 is 2.55 bits per heavy atom. The van der Waals surface area contributed by atoms with Crippen LogP contribution in [-0.2, 0) is 0 Å². The number of hydrogen-bond donors (Lipinski definition) is 0. The highest BCUT2D eigenvalue weighted by Crippen LogP contribution is 2.34. The molecule has 0 aromatic heterocycles. The van der Waals surface area contributed by atoms with Gasteiger partial charge in [0.1, 0.15) is 0 Å². The SMILES string of the molecule is C=C/C=C1/CC(C)C/C1=C/C. The highest BCUT2D eigenvalue weighted by atomic mass is 14.2. The minimum atomic E-state index is 0.826. The van der Waals surface area contributed by atoms with Crippen LogP contribution in [0.1, 0.15) is 26.7 Å². The van der Waals surface area contributed by atoms with E-state index in [2.05, 4.69) is 32.6 Å². The Bertz CT molecular complexity index is 206. The molecule has 0 amide bonds. The van der Waals surface area contributed by atoms with E-state index in [-0.39, 0.29) is 0 Å². The van der Waals surface area contributed by atoms with Crippen LogP contribution in [0.5, 0.6) is 0 Å². The van der Waals surface area contributed by atoms with Gasteiger partial charge in [0.2, 0.25) is 0 Å². The summed E-state index contributed by atoms with van der Waals surface area (Å²) >= 11 is 0. The first-order valence-corrected chi connectivity index (χ1v) is 4.25. The summed E-state index contributed by atoms with van der Waals surface area (Å²) in [5, 5.41) is 0. The van der Waals surface area contributed by atoms with E-state index in [1.54, 1.807) is 0 Å². The highest BCUT2D eigenvalue weighted by Gasteiger charge is 2.18. The summed E-state index contributed by atoms with van der Waals surface area (Å²) in [5.74, 6) is 0.826. The summed E-state index contributed by atoms with van der Waals surface area (Å²) in [6.07, 6.45) is 8.72. The van der Waals surface area contributed by atoms with Crippen molar-refractivity contribution in [3.05, 3.63) is 36.0 Å². The molecule has 1 saturated carbocycles. The van der Waals surface area contributed by atoms with E-state index in [9.17, 15) is 0 Å². The molecule has 0 spiro atoms. The Balaban J connectivity index is 2.81. The summed E-state index contributed by atoms with van der Waals surface area (Å²) in [5.41, 5.74) is 2.99. The summed E-state index contributed by atoms with van der Waals surface area (Å²) in [6.45, 7) is 8.13. The second-order valence-corrected chi connectivity index (χ2v) is 3.25. The molecular weight excluding hydrogens is 132 g/mol. The van der Waals surface area contributed by atoms with Crippen LogP contribution in [0, 0.1) is 5.92 Å². The van der Waals surface area contributed by atoms with Crippen molar-refractivity contribution in [3.8, 4) is 0 Å². The van der Waals surface area contributed by atoms with E-state index < -0.39 is 0 Å². The van der Waals surface area contributed by atoms with Crippen LogP contribution in [-0.4, -0.2) is 0 Å². The Morgan fingerprint density at radius 2 is 2.00 bits per heavy atom. The molecule has 0 bridgehead atoms. The van der Waals surface area contributed by atoms with Crippen molar-refractivity contribution in [2.24, 2.45) is 5.92 Å². The molecule has 0 aliphatic heterocycles. The first-order valence-electron chi connectivity index (χ1n) is 4.25. The predicted octanol–water partition coefficient (Wildman–Crippen LogP) is 3.48. The Labute approximate surface area is 69.3 Å². The van der Waals surface area contributed by atoms with E-state index in [0.717, 1.165) is 5.92 Å². The van der Waals surface area contributed by atoms with Crippen LogP contribution in [0.2, 0.25) is 0 Å². The van der Waals surface area contributed by atoms with Crippen LogP contribution in [0.3, 0.4) is 0 Å². The van der Waals surface area contributed by atoms with Crippen molar-refractivity contribution in [1.29, 1.82) is 0 Å². The standard InChI is InChI=1S/C11H16/c1-4-6-11-8-9(3)7-10(11)5-2/h4-6,9H,1,7-8H2,2-3H3/b10-5-,11-6-. The number of hydrogen-bond acceptors (Lipinski definition) is 0. The van der Waals surface area contributed by atoms with E-state index in [0.29, 0.717) is 0 Å². The van der Waals surface area contributed by atoms with E-state index in [1.165, 1.54) is 24.0 Å². The van der Waals surface area contributed by atoms with Gasteiger partial charge < -0.3 is 0 Å². The Morgan fingerprint density at radius 1 is 1.36 bits per heavy atom. The van der Waals surface area contributed by atoms with Crippen molar-refractivity contribution in [2.45, 2.75) is 26.7 Å². The first-order chi connectivity index (χ1) is 5.27. The first kappa shape index (κ1) is 8.32. The maximum atomic E-state index is 3.71. The van der Waals surface area contributed by atoms with E-state index in [1.807, 2.05) is 6.08 Å². The lowest BCUT2D eigenvalue weighted by atomic mass is 10.1. The maximum Gasteiger partial charge on any atom is -0.0247 e.